The first-order valence-electron chi connectivity index (χ1n) is 10.5. The SMILES string of the molecule is [2H]C([2H])([2H])NC(=O)Cc1nnc(Cl)cc1Nc1cccc(-c2cnn(C3CC3)c2)c1OC. The quantitative estimate of drug-likeness (QED) is 0.614. The van der Waals surface area contributed by atoms with Gasteiger partial charge in [-0.1, -0.05) is 23.7 Å². The highest BCUT2D eigenvalue weighted by atomic mass is 35.5. The lowest BCUT2D eigenvalue weighted by Crippen LogP contribution is -2.21. The van der Waals surface area contributed by atoms with Gasteiger partial charge in [0.15, 0.2) is 5.15 Å². The van der Waals surface area contributed by atoms with Crippen LogP contribution in [0.4, 0.5) is 11.4 Å². The monoisotopic (exact) mass is 415 g/mol. The molecular weight excluding hydrogens is 392 g/mol. The maximum atomic E-state index is 12.1. The average Bonchev–Trinajstić information content (AvgIpc) is 3.45. The number of methoxy groups -OCH3 is 1. The van der Waals surface area contributed by atoms with E-state index in [9.17, 15) is 4.79 Å². The van der Waals surface area contributed by atoms with E-state index in [1.165, 1.54) is 6.07 Å². The Morgan fingerprint density at radius 2 is 2.24 bits per heavy atom. The molecule has 29 heavy (non-hydrogen) atoms. The maximum Gasteiger partial charge on any atom is 0.225 e. The number of rotatable bonds is 7. The molecule has 1 amide bonds. The summed E-state index contributed by atoms with van der Waals surface area (Å²) in [6, 6.07) is 7.59. The molecule has 3 aromatic rings. The van der Waals surface area contributed by atoms with E-state index >= 15 is 0 Å². The number of ether oxygens (including phenoxy) is 1. The molecule has 0 spiro atoms. The van der Waals surface area contributed by atoms with E-state index in [-0.39, 0.29) is 17.3 Å². The highest BCUT2D eigenvalue weighted by Crippen LogP contribution is 2.40. The lowest BCUT2D eigenvalue weighted by molar-refractivity contribution is -0.120. The number of nitrogens with one attached hydrogen (secondary N) is 2. The summed E-state index contributed by atoms with van der Waals surface area (Å²) in [4.78, 5) is 12.1. The van der Waals surface area contributed by atoms with Crippen LogP contribution in [-0.4, -0.2) is 40.0 Å². The topological polar surface area (TPSA) is 94.0 Å². The van der Waals surface area contributed by atoms with Crippen molar-refractivity contribution in [1.82, 2.24) is 25.3 Å². The fraction of sp³-hybridized carbons (Fsp3) is 0.300. The van der Waals surface area contributed by atoms with Gasteiger partial charge in [0.05, 0.1) is 42.8 Å². The predicted octanol–water partition coefficient (Wildman–Crippen LogP) is 3.37. The number of hydrogen-bond donors (Lipinski definition) is 2. The van der Waals surface area contributed by atoms with E-state index in [1.807, 2.05) is 34.4 Å². The van der Waals surface area contributed by atoms with Gasteiger partial charge in [0, 0.05) is 34.5 Å². The van der Waals surface area contributed by atoms with Crippen LogP contribution in [0.2, 0.25) is 5.15 Å². The molecule has 0 saturated heterocycles. The molecule has 9 heteroatoms. The number of carbonyl (C=O) groups excluding carboxylic acids is 1. The molecular formula is C20H21ClN6O2. The van der Waals surface area contributed by atoms with E-state index in [4.69, 9.17) is 20.5 Å². The summed E-state index contributed by atoms with van der Waals surface area (Å²) in [6.45, 7) is -2.59. The van der Waals surface area contributed by atoms with Gasteiger partial charge in [-0.25, -0.2) is 0 Å². The number of anilines is 2. The predicted molar refractivity (Wildman–Crippen MR) is 111 cm³/mol. The van der Waals surface area contributed by atoms with Gasteiger partial charge in [0.25, 0.3) is 0 Å². The number of aromatic nitrogens is 4. The molecule has 2 aromatic heterocycles. The third kappa shape index (κ3) is 4.17. The first-order valence-corrected chi connectivity index (χ1v) is 9.43. The molecule has 1 saturated carbocycles. The Balaban J connectivity index is 1.63. The molecule has 1 aliphatic rings. The van der Waals surface area contributed by atoms with Crippen LogP contribution in [0.3, 0.4) is 0 Å². The summed E-state index contributed by atoms with van der Waals surface area (Å²) < 4.78 is 29.2. The summed E-state index contributed by atoms with van der Waals surface area (Å²) in [5.74, 6) is -0.133. The standard InChI is InChI=1S/C20H21ClN6O2/c1-22-19(28)9-17-16(8-18(21)26-25-17)24-15-5-3-4-14(20(15)29-2)12-10-23-27(11-12)13-6-7-13/h3-5,8,10-11,13H,6-7,9H2,1-2H3,(H,22,28)(H,24,26)/i1D3. The van der Waals surface area contributed by atoms with Crippen LogP contribution in [-0.2, 0) is 11.2 Å². The molecule has 2 N–H and O–H groups in total. The Labute approximate surface area is 177 Å². The van der Waals surface area contributed by atoms with E-state index in [0.717, 1.165) is 24.0 Å². The molecule has 0 bridgehead atoms. The number of nitrogens with zero attached hydrogens (tertiary/aromatic N) is 4. The number of hydrogen-bond acceptors (Lipinski definition) is 6. The number of likely N-dealkylation sites (N-methyl/N-ethyl adjacent to an activating group) is 1. The first kappa shape index (κ1) is 15.8. The molecule has 8 nitrogen and oxygen atoms in total. The molecule has 0 radical (unpaired) electrons. The molecule has 1 fully saturated rings. The Morgan fingerprint density at radius 3 is 3.00 bits per heavy atom. The first-order chi connectivity index (χ1) is 15.2. The Kier molecular flexibility index (Phi) is 4.39. The van der Waals surface area contributed by atoms with Gasteiger partial charge < -0.3 is 15.4 Å². The van der Waals surface area contributed by atoms with Crippen LogP contribution in [0.25, 0.3) is 11.1 Å². The van der Waals surface area contributed by atoms with Gasteiger partial charge in [0.1, 0.15) is 5.75 Å². The summed E-state index contributed by atoms with van der Waals surface area (Å²) in [7, 11) is 1.57. The molecule has 0 atom stereocenters. The Bertz CT molecular complexity index is 1150. The number of amides is 1. The van der Waals surface area contributed by atoms with E-state index in [1.54, 1.807) is 13.3 Å². The second-order valence-electron chi connectivity index (χ2n) is 6.70. The highest BCUT2D eigenvalue weighted by Gasteiger charge is 2.25. The minimum atomic E-state index is -2.59. The van der Waals surface area contributed by atoms with Gasteiger partial charge in [0.2, 0.25) is 5.91 Å². The van der Waals surface area contributed by atoms with E-state index in [2.05, 4.69) is 20.6 Å². The van der Waals surface area contributed by atoms with Crippen LogP contribution in [0.1, 0.15) is 28.7 Å². The second-order valence-corrected chi connectivity index (χ2v) is 7.09. The van der Waals surface area contributed by atoms with Crippen molar-refractivity contribution in [3.63, 3.8) is 0 Å². The van der Waals surface area contributed by atoms with Crippen molar-refractivity contribution in [3.05, 3.63) is 47.5 Å². The van der Waals surface area contributed by atoms with Crippen molar-refractivity contribution >= 4 is 28.9 Å². The van der Waals surface area contributed by atoms with Crippen LogP contribution >= 0.6 is 11.6 Å². The largest absolute Gasteiger partial charge is 0.494 e. The third-order valence-corrected chi connectivity index (χ3v) is 4.81. The van der Waals surface area contributed by atoms with Crippen molar-refractivity contribution in [1.29, 1.82) is 0 Å². The zero-order valence-electron chi connectivity index (χ0n) is 18.6. The number of carbonyl (C=O) groups is 1. The second kappa shape index (κ2) is 8.08. The van der Waals surface area contributed by atoms with Crippen LogP contribution in [0.5, 0.6) is 5.75 Å². The van der Waals surface area contributed by atoms with Gasteiger partial charge >= 0.3 is 0 Å². The highest BCUT2D eigenvalue weighted by molar-refractivity contribution is 6.29. The fourth-order valence-corrected chi connectivity index (χ4v) is 3.22. The van der Waals surface area contributed by atoms with Crippen molar-refractivity contribution in [2.75, 3.05) is 19.4 Å². The minimum absolute atomic E-state index is 0.119. The van der Waals surface area contributed by atoms with Crippen molar-refractivity contribution < 1.29 is 13.6 Å². The molecule has 0 unspecified atom stereocenters. The minimum Gasteiger partial charge on any atom is -0.494 e. The molecule has 150 valence electrons. The van der Waals surface area contributed by atoms with Gasteiger partial charge in [-0.05, 0) is 18.9 Å². The average molecular weight is 416 g/mol. The van der Waals surface area contributed by atoms with Gasteiger partial charge in [-0.3, -0.25) is 9.48 Å². The molecule has 0 aliphatic heterocycles. The fourth-order valence-electron chi connectivity index (χ4n) is 3.07. The zero-order valence-corrected chi connectivity index (χ0v) is 16.4. The summed E-state index contributed by atoms with van der Waals surface area (Å²) >= 11 is 6.02. The summed E-state index contributed by atoms with van der Waals surface area (Å²) in [6.07, 6.45) is 5.77. The molecule has 1 aliphatic carbocycles. The zero-order chi connectivity index (χ0) is 22.9. The number of halogens is 1. The maximum absolute atomic E-state index is 12.1. The molecule has 1 aromatic carbocycles. The van der Waals surface area contributed by atoms with Crippen molar-refractivity contribution in [2.45, 2.75) is 25.3 Å². The van der Waals surface area contributed by atoms with Gasteiger partial charge in [-0.2, -0.15) is 10.2 Å². The van der Waals surface area contributed by atoms with E-state index < -0.39 is 12.9 Å². The normalized spacial score (nSPS) is 15.2. The lowest BCUT2D eigenvalue weighted by atomic mass is 10.1. The molecule has 4 rings (SSSR count). The molecule has 2 heterocycles. The van der Waals surface area contributed by atoms with Crippen molar-refractivity contribution in [3.8, 4) is 16.9 Å². The van der Waals surface area contributed by atoms with Crippen LogP contribution in [0, 0.1) is 0 Å². The summed E-state index contributed by atoms with van der Waals surface area (Å²) in [5, 5.41) is 17.4. The van der Waals surface area contributed by atoms with Gasteiger partial charge in [-0.15, -0.1) is 5.10 Å². The number of benzene rings is 1. The Hall–Kier alpha value is -3.13. The Morgan fingerprint density at radius 1 is 1.38 bits per heavy atom. The van der Waals surface area contributed by atoms with Crippen LogP contribution < -0.4 is 15.4 Å². The van der Waals surface area contributed by atoms with E-state index in [0.29, 0.717) is 23.2 Å². The van der Waals surface area contributed by atoms with Crippen molar-refractivity contribution in [2.24, 2.45) is 0 Å². The summed E-state index contributed by atoms with van der Waals surface area (Å²) in [5.41, 5.74) is 3.03. The third-order valence-electron chi connectivity index (χ3n) is 4.63. The van der Waals surface area contributed by atoms with Crippen LogP contribution in [0.15, 0.2) is 36.7 Å². The number of para-hydroxylation sites is 1. The smallest absolute Gasteiger partial charge is 0.225 e. The lowest BCUT2D eigenvalue weighted by Gasteiger charge is -2.16.